The maximum Gasteiger partial charge on any atom is 0.251 e. The predicted octanol–water partition coefficient (Wildman–Crippen LogP) is 3.18. The molecule has 2 N–H and O–H groups in total. The number of nitrogens with zero attached hydrogens (tertiary/aromatic N) is 2. The summed E-state index contributed by atoms with van der Waals surface area (Å²) in [5, 5.41) is 6.39. The van der Waals surface area contributed by atoms with E-state index in [1.54, 1.807) is 0 Å². The molecule has 0 spiro atoms. The minimum atomic E-state index is -0.0544. The van der Waals surface area contributed by atoms with E-state index in [-0.39, 0.29) is 36.0 Å². The molecule has 2 aliphatic heterocycles. The number of guanidine groups is 1. The molecule has 0 bridgehead atoms. The first-order chi connectivity index (χ1) is 14.7. The second kappa shape index (κ2) is 13.9. The summed E-state index contributed by atoms with van der Waals surface area (Å²) in [5.41, 5.74) is 1.70. The molecular formula is C23H37IN4O3. The van der Waals surface area contributed by atoms with Crippen molar-refractivity contribution >= 4 is 35.8 Å². The number of piperidine rings is 1. The van der Waals surface area contributed by atoms with E-state index >= 15 is 0 Å². The SMILES string of the molecule is CCNC(=NCc1cccc(C(=O)NCC2CCCO2)c1)N1CCC(OCC)CC1.I. The molecule has 1 atom stereocenters. The highest BCUT2D eigenvalue weighted by molar-refractivity contribution is 14.0. The summed E-state index contributed by atoms with van der Waals surface area (Å²) in [7, 11) is 0. The summed E-state index contributed by atoms with van der Waals surface area (Å²) in [6.45, 7) is 9.54. The zero-order chi connectivity index (χ0) is 21.2. The maximum absolute atomic E-state index is 12.5. The number of hydrogen-bond donors (Lipinski definition) is 2. The standard InChI is InChI=1S/C23H36N4O3.HI/c1-3-24-23(27-12-10-20(11-13-27)29-4-2)26-16-18-7-5-8-19(15-18)22(28)25-17-21-9-6-14-30-21;/h5,7-8,15,20-21H,3-4,6,9-14,16-17H2,1-2H3,(H,24,26)(H,25,28);1H. The molecule has 8 heteroatoms. The van der Waals surface area contributed by atoms with Gasteiger partial charge in [0.1, 0.15) is 0 Å². The summed E-state index contributed by atoms with van der Waals surface area (Å²) in [6, 6.07) is 7.72. The van der Waals surface area contributed by atoms with Crippen molar-refractivity contribution in [2.24, 2.45) is 4.99 Å². The molecule has 2 aliphatic rings. The van der Waals surface area contributed by atoms with Crippen LogP contribution in [0.2, 0.25) is 0 Å². The number of carbonyl (C=O) groups excluding carboxylic acids is 1. The lowest BCUT2D eigenvalue weighted by molar-refractivity contribution is 0.0263. The normalized spacial score (nSPS) is 19.7. The average Bonchev–Trinajstić information content (AvgIpc) is 3.30. The van der Waals surface area contributed by atoms with E-state index in [4.69, 9.17) is 14.5 Å². The molecule has 1 amide bonds. The van der Waals surface area contributed by atoms with Gasteiger partial charge in [-0.15, -0.1) is 24.0 Å². The second-order valence-corrected chi connectivity index (χ2v) is 7.86. The first-order valence-corrected chi connectivity index (χ1v) is 11.3. The van der Waals surface area contributed by atoms with Gasteiger partial charge >= 0.3 is 0 Å². The summed E-state index contributed by atoms with van der Waals surface area (Å²) in [6.07, 6.45) is 4.66. The van der Waals surface area contributed by atoms with E-state index < -0.39 is 0 Å². The maximum atomic E-state index is 12.5. The van der Waals surface area contributed by atoms with Crippen molar-refractivity contribution in [3.63, 3.8) is 0 Å². The fourth-order valence-electron chi connectivity index (χ4n) is 3.99. The Balaban J connectivity index is 0.00000341. The summed E-state index contributed by atoms with van der Waals surface area (Å²) >= 11 is 0. The third-order valence-electron chi connectivity index (χ3n) is 5.59. The summed E-state index contributed by atoms with van der Waals surface area (Å²) in [5.74, 6) is 0.877. The monoisotopic (exact) mass is 544 g/mol. The predicted molar refractivity (Wildman–Crippen MR) is 134 cm³/mol. The van der Waals surface area contributed by atoms with Crippen molar-refractivity contribution in [3.8, 4) is 0 Å². The molecule has 2 saturated heterocycles. The number of halogens is 1. The molecule has 1 aromatic carbocycles. The summed E-state index contributed by atoms with van der Waals surface area (Å²) < 4.78 is 11.3. The van der Waals surface area contributed by atoms with Crippen molar-refractivity contribution in [1.82, 2.24) is 15.5 Å². The Bertz CT molecular complexity index is 702. The molecule has 3 rings (SSSR count). The Kier molecular flexibility index (Phi) is 11.6. The number of likely N-dealkylation sites (tertiary alicyclic amines) is 1. The lowest BCUT2D eigenvalue weighted by atomic mass is 10.1. The van der Waals surface area contributed by atoms with Gasteiger partial charge in [0.25, 0.3) is 5.91 Å². The van der Waals surface area contributed by atoms with E-state index in [9.17, 15) is 4.79 Å². The molecule has 7 nitrogen and oxygen atoms in total. The van der Waals surface area contributed by atoms with E-state index in [2.05, 4.69) is 29.4 Å². The third kappa shape index (κ3) is 8.23. The Labute approximate surface area is 203 Å². The number of rotatable bonds is 8. The van der Waals surface area contributed by atoms with Gasteiger partial charge in [0.05, 0.1) is 18.8 Å². The largest absolute Gasteiger partial charge is 0.378 e. The first-order valence-electron chi connectivity index (χ1n) is 11.3. The molecule has 0 radical (unpaired) electrons. The van der Waals surface area contributed by atoms with Crippen molar-refractivity contribution in [2.75, 3.05) is 39.4 Å². The van der Waals surface area contributed by atoms with Gasteiger partial charge in [-0.1, -0.05) is 12.1 Å². The molecule has 2 heterocycles. The van der Waals surface area contributed by atoms with E-state index in [0.717, 1.165) is 70.1 Å². The third-order valence-corrected chi connectivity index (χ3v) is 5.59. The molecule has 2 fully saturated rings. The smallest absolute Gasteiger partial charge is 0.251 e. The fraction of sp³-hybridized carbons (Fsp3) is 0.652. The molecule has 0 saturated carbocycles. The molecule has 1 aromatic rings. The van der Waals surface area contributed by atoms with Crippen LogP contribution in [0, 0.1) is 0 Å². The second-order valence-electron chi connectivity index (χ2n) is 7.86. The van der Waals surface area contributed by atoms with Crippen molar-refractivity contribution in [2.45, 2.75) is 58.3 Å². The number of hydrogen-bond acceptors (Lipinski definition) is 4. The minimum Gasteiger partial charge on any atom is -0.378 e. The number of benzene rings is 1. The number of nitrogens with one attached hydrogen (secondary N) is 2. The zero-order valence-electron chi connectivity index (χ0n) is 18.8. The van der Waals surface area contributed by atoms with Crippen LogP contribution in [-0.4, -0.2) is 68.4 Å². The average molecular weight is 544 g/mol. The van der Waals surface area contributed by atoms with Gasteiger partial charge < -0.3 is 25.0 Å². The van der Waals surface area contributed by atoms with Gasteiger partial charge in [0.15, 0.2) is 5.96 Å². The molecule has 1 unspecified atom stereocenters. The van der Waals surface area contributed by atoms with Crippen LogP contribution in [0.5, 0.6) is 0 Å². The van der Waals surface area contributed by atoms with Gasteiger partial charge in [0, 0.05) is 45.0 Å². The zero-order valence-corrected chi connectivity index (χ0v) is 21.1. The number of ether oxygens (including phenoxy) is 2. The Morgan fingerprint density at radius 1 is 1.23 bits per heavy atom. The number of carbonyl (C=O) groups is 1. The van der Waals surface area contributed by atoms with Crippen LogP contribution in [0.15, 0.2) is 29.3 Å². The van der Waals surface area contributed by atoms with E-state index in [0.29, 0.717) is 24.8 Å². The van der Waals surface area contributed by atoms with Gasteiger partial charge in [0.2, 0.25) is 0 Å². The van der Waals surface area contributed by atoms with Crippen LogP contribution < -0.4 is 10.6 Å². The van der Waals surface area contributed by atoms with Crippen LogP contribution in [0.25, 0.3) is 0 Å². The highest BCUT2D eigenvalue weighted by atomic mass is 127. The van der Waals surface area contributed by atoms with Gasteiger partial charge in [-0.05, 0) is 57.2 Å². The number of amides is 1. The van der Waals surface area contributed by atoms with Crippen LogP contribution in [0.4, 0.5) is 0 Å². The van der Waals surface area contributed by atoms with Crippen molar-refractivity contribution < 1.29 is 14.3 Å². The Morgan fingerprint density at radius 2 is 2.03 bits per heavy atom. The Hall–Kier alpha value is -1.39. The van der Waals surface area contributed by atoms with Crippen molar-refractivity contribution in [1.29, 1.82) is 0 Å². The lowest BCUT2D eigenvalue weighted by Crippen LogP contribution is -2.47. The van der Waals surface area contributed by atoms with Crippen LogP contribution in [0.3, 0.4) is 0 Å². The highest BCUT2D eigenvalue weighted by Gasteiger charge is 2.21. The first kappa shape index (κ1) is 25.9. The highest BCUT2D eigenvalue weighted by Crippen LogP contribution is 2.15. The molecule has 31 heavy (non-hydrogen) atoms. The molecule has 174 valence electrons. The van der Waals surface area contributed by atoms with Gasteiger partial charge in [-0.2, -0.15) is 0 Å². The van der Waals surface area contributed by atoms with Crippen LogP contribution in [0.1, 0.15) is 55.5 Å². The molecule has 0 aliphatic carbocycles. The van der Waals surface area contributed by atoms with Crippen LogP contribution >= 0.6 is 24.0 Å². The number of aliphatic imine (C=N–C) groups is 1. The quantitative estimate of drug-likeness (QED) is 0.299. The van der Waals surface area contributed by atoms with Gasteiger partial charge in [-0.25, -0.2) is 4.99 Å². The summed E-state index contributed by atoms with van der Waals surface area (Å²) in [4.78, 5) is 19.6. The molecule has 0 aromatic heterocycles. The fourth-order valence-corrected chi connectivity index (χ4v) is 3.99. The van der Waals surface area contributed by atoms with E-state index in [1.807, 2.05) is 24.3 Å². The van der Waals surface area contributed by atoms with E-state index in [1.165, 1.54) is 0 Å². The Morgan fingerprint density at radius 3 is 2.71 bits per heavy atom. The topological polar surface area (TPSA) is 75.2 Å². The molecular weight excluding hydrogens is 507 g/mol. The van der Waals surface area contributed by atoms with Gasteiger partial charge in [-0.3, -0.25) is 4.79 Å². The lowest BCUT2D eigenvalue weighted by Gasteiger charge is -2.34. The van der Waals surface area contributed by atoms with Crippen molar-refractivity contribution in [3.05, 3.63) is 35.4 Å². The van der Waals surface area contributed by atoms with Crippen LogP contribution in [-0.2, 0) is 16.0 Å². The minimum absolute atomic E-state index is 0.